The number of anilines is 3. The molecule has 14 heteroatoms. The molecule has 5 rings (SSSR count). The fourth-order valence-electron chi connectivity index (χ4n) is 4.04. The molecule has 1 saturated carbocycles. The third kappa shape index (κ3) is 6.43. The lowest BCUT2D eigenvalue weighted by atomic mass is 10.0. The highest BCUT2D eigenvalue weighted by Crippen LogP contribution is 2.48. The Hall–Kier alpha value is -5.92. The quantitative estimate of drug-likeness (QED) is 0.197. The number of hydrogen-bond donors (Lipinski definition) is 3. The van der Waals surface area contributed by atoms with Crippen molar-refractivity contribution in [2.45, 2.75) is 12.8 Å². The van der Waals surface area contributed by atoms with Gasteiger partial charge in [0.1, 0.15) is 40.1 Å². The highest BCUT2D eigenvalue weighted by atomic mass is 19.1. The SMILES string of the molecule is O=C(O)N(C(=O)Oc1ccccc1)c1cc(Oc2ccc(NC(=O)C3(C(=O)Nc4ccc(F)cc4F)CC3)c(F)c2)ccn1. The van der Waals surface area contributed by atoms with Crippen molar-refractivity contribution in [1.29, 1.82) is 0 Å². The van der Waals surface area contributed by atoms with Crippen molar-refractivity contribution >= 4 is 41.2 Å². The lowest BCUT2D eigenvalue weighted by Gasteiger charge is -2.17. The van der Waals surface area contributed by atoms with Crippen LogP contribution < -0.4 is 25.0 Å². The van der Waals surface area contributed by atoms with Gasteiger partial charge in [0.2, 0.25) is 11.8 Å². The standard InChI is InChI=1S/C30H21F3N4O7/c31-17-6-8-23(21(32)14-17)35-26(38)30(11-12-30)27(39)36-24-9-7-19(15-22(24)33)43-20-10-13-34-25(16-20)37(28(40)41)29(42)44-18-4-2-1-3-5-18/h1-10,13-16H,11-12H2,(H,35,38)(H,36,39)(H,40,41). The maximum atomic E-state index is 14.9. The highest BCUT2D eigenvalue weighted by molar-refractivity contribution is 6.17. The van der Waals surface area contributed by atoms with Crippen LogP contribution in [0.3, 0.4) is 0 Å². The number of amides is 4. The molecular formula is C30H21F3N4O7. The van der Waals surface area contributed by atoms with Crippen LogP contribution in [0.2, 0.25) is 0 Å². The molecule has 1 aliphatic rings. The molecule has 4 aromatic rings. The number of carboxylic acid groups (broad SMARTS) is 1. The Morgan fingerprint density at radius 1 is 0.773 bits per heavy atom. The van der Waals surface area contributed by atoms with Gasteiger partial charge in [0, 0.05) is 24.4 Å². The zero-order valence-electron chi connectivity index (χ0n) is 22.4. The van der Waals surface area contributed by atoms with Gasteiger partial charge in [-0.15, -0.1) is 0 Å². The Morgan fingerprint density at radius 3 is 1.98 bits per heavy atom. The van der Waals surface area contributed by atoms with Gasteiger partial charge in [-0.3, -0.25) is 9.59 Å². The molecule has 0 aliphatic heterocycles. The van der Waals surface area contributed by atoms with Crippen LogP contribution >= 0.6 is 0 Å². The van der Waals surface area contributed by atoms with Crippen molar-refractivity contribution in [2.24, 2.45) is 5.41 Å². The monoisotopic (exact) mass is 606 g/mol. The Morgan fingerprint density at radius 2 is 1.39 bits per heavy atom. The van der Waals surface area contributed by atoms with Crippen molar-refractivity contribution < 1.29 is 46.9 Å². The molecule has 224 valence electrons. The summed E-state index contributed by atoms with van der Waals surface area (Å²) in [6, 6.07) is 16.2. The molecule has 0 unspecified atom stereocenters. The first-order valence-corrected chi connectivity index (χ1v) is 12.9. The number of para-hydroxylation sites is 1. The van der Waals surface area contributed by atoms with Gasteiger partial charge in [0.25, 0.3) is 0 Å². The second kappa shape index (κ2) is 12.1. The molecule has 1 heterocycles. The lowest BCUT2D eigenvalue weighted by molar-refractivity contribution is -0.131. The number of pyridine rings is 1. The second-order valence-electron chi connectivity index (χ2n) is 9.51. The van der Waals surface area contributed by atoms with Gasteiger partial charge in [-0.25, -0.2) is 27.7 Å². The number of halogens is 3. The van der Waals surface area contributed by atoms with E-state index in [-0.39, 0.29) is 52.2 Å². The third-order valence-corrected chi connectivity index (χ3v) is 6.49. The molecular weight excluding hydrogens is 585 g/mol. The molecule has 4 amide bonds. The molecule has 44 heavy (non-hydrogen) atoms. The van der Waals surface area contributed by atoms with E-state index in [0.717, 1.165) is 24.3 Å². The zero-order chi connectivity index (χ0) is 31.4. The van der Waals surface area contributed by atoms with Crippen LogP contribution in [0.4, 0.5) is 40.0 Å². The summed E-state index contributed by atoms with van der Waals surface area (Å²) in [4.78, 5) is 54.1. The van der Waals surface area contributed by atoms with E-state index in [4.69, 9.17) is 9.47 Å². The Bertz CT molecular complexity index is 1770. The summed E-state index contributed by atoms with van der Waals surface area (Å²) >= 11 is 0. The van der Waals surface area contributed by atoms with Gasteiger partial charge < -0.3 is 25.2 Å². The van der Waals surface area contributed by atoms with Crippen LogP contribution in [0.25, 0.3) is 0 Å². The number of rotatable bonds is 8. The van der Waals surface area contributed by atoms with Crippen molar-refractivity contribution in [2.75, 3.05) is 15.5 Å². The Balaban J connectivity index is 1.25. The Kier molecular flexibility index (Phi) is 8.15. The maximum Gasteiger partial charge on any atom is 0.430 e. The number of ether oxygens (including phenoxy) is 2. The molecule has 11 nitrogen and oxygen atoms in total. The van der Waals surface area contributed by atoms with E-state index < -0.39 is 46.9 Å². The predicted molar refractivity (Wildman–Crippen MR) is 149 cm³/mol. The van der Waals surface area contributed by atoms with Crippen LogP contribution in [0.1, 0.15) is 12.8 Å². The molecule has 0 radical (unpaired) electrons. The van der Waals surface area contributed by atoms with Crippen LogP contribution in [-0.2, 0) is 9.59 Å². The first-order valence-electron chi connectivity index (χ1n) is 12.9. The van der Waals surface area contributed by atoms with E-state index in [1.165, 1.54) is 36.5 Å². The maximum absolute atomic E-state index is 14.9. The van der Waals surface area contributed by atoms with Crippen molar-refractivity contribution in [3.05, 3.63) is 103 Å². The summed E-state index contributed by atoms with van der Waals surface area (Å²) in [5.74, 6) is -4.73. The second-order valence-corrected chi connectivity index (χ2v) is 9.51. The summed E-state index contributed by atoms with van der Waals surface area (Å²) in [5, 5.41) is 14.2. The molecule has 0 saturated heterocycles. The van der Waals surface area contributed by atoms with E-state index in [2.05, 4.69) is 15.6 Å². The van der Waals surface area contributed by atoms with Gasteiger partial charge in [-0.1, -0.05) is 18.2 Å². The number of benzene rings is 3. The van der Waals surface area contributed by atoms with Gasteiger partial charge in [-0.05, 0) is 55.3 Å². The number of carbonyl (C=O) groups excluding carboxylic acids is 3. The summed E-state index contributed by atoms with van der Waals surface area (Å²) < 4.78 is 52.7. The van der Waals surface area contributed by atoms with Gasteiger partial charge in [-0.2, -0.15) is 4.90 Å². The van der Waals surface area contributed by atoms with E-state index in [1.54, 1.807) is 18.2 Å². The summed E-state index contributed by atoms with van der Waals surface area (Å²) in [6.07, 6.45) is -1.49. The fourth-order valence-corrected chi connectivity index (χ4v) is 4.04. The van der Waals surface area contributed by atoms with E-state index >= 15 is 0 Å². The largest absolute Gasteiger partial charge is 0.464 e. The van der Waals surface area contributed by atoms with Crippen molar-refractivity contribution in [1.82, 2.24) is 4.98 Å². The lowest BCUT2D eigenvalue weighted by Crippen LogP contribution is -2.38. The van der Waals surface area contributed by atoms with Gasteiger partial charge in [0.05, 0.1) is 11.4 Å². The highest BCUT2D eigenvalue weighted by Gasteiger charge is 2.56. The minimum absolute atomic E-state index is 0.00780. The van der Waals surface area contributed by atoms with Crippen LogP contribution in [0, 0.1) is 22.9 Å². The Labute approximate surface area is 246 Å². The molecule has 0 atom stereocenters. The predicted octanol–water partition coefficient (Wildman–Crippen LogP) is 6.33. The molecule has 3 N–H and O–H groups in total. The minimum atomic E-state index is -1.67. The summed E-state index contributed by atoms with van der Waals surface area (Å²) in [5.41, 5.74) is -2.14. The number of carbonyl (C=O) groups is 4. The van der Waals surface area contributed by atoms with E-state index in [0.29, 0.717) is 6.07 Å². The molecule has 0 bridgehead atoms. The molecule has 1 fully saturated rings. The van der Waals surface area contributed by atoms with Crippen molar-refractivity contribution in [3.8, 4) is 17.2 Å². The number of nitrogens with zero attached hydrogens (tertiary/aromatic N) is 2. The van der Waals surface area contributed by atoms with E-state index in [9.17, 15) is 37.5 Å². The number of aromatic nitrogens is 1. The average molecular weight is 607 g/mol. The van der Waals surface area contributed by atoms with Crippen LogP contribution in [0.15, 0.2) is 85.1 Å². The molecule has 1 aromatic heterocycles. The van der Waals surface area contributed by atoms with Crippen molar-refractivity contribution in [3.63, 3.8) is 0 Å². The fraction of sp³-hybridized carbons (Fsp3) is 0.100. The third-order valence-electron chi connectivity index (χ3n) is 6.49. The van der Waals surface area contributed by atoms with Gasteiger partial charge in [0.15, 0.2) is 5.82 Å². The first-order chi connectivity index (χ1) is 21.1. The number of nitrogens with one attached hydrogen (secondary N) is 2. The number of imide groups is 1. The van der Waals surface area contributed by atoms with Crippen LogP contribution in [-0.4, -0.2) is 34.1 Å². The normalized spacial score (nSPS) is 12.9. The zero-order valence-corrected chi connectivity index (χ0v) is 22.4. The average Bonchev–Trinajstić information content (AvgIpc) is 3.79. The number of hydrogen-bond acceptors (Lipinski definition) is 7. The summed E-state index contributed by atoms with van der Waals surface area (Å²) in [7, 11) is 0. The van der Waals surface area contributed by atoms with Gasteiger partial charge >= 0.3 is 12.2 Å². The smallest absolute Gasteiger partial charge is 0.430 e. The molecule has 1 aliphatic carbocycles. The molecule has 3 aromatic carbocycles. The topological polar surface area (TPSA) is 147 Å². The minimum Gasteiger partial charge on any atom is -0.464 e. The molecule has 0 spiro atoms. The van der Waals surface area contributed by atoms with Crippen LogP contribution in [0.5, 0.6) is 17.2 Å². The van der Waals surface area contributed by atoms with E-state index in [1.807, 2.05) is 0 Å². The summed E-state index contributed by atoms with van der Waals surface area (Å²) in [6.45, 7) is 0. The first kappa shape index (κ1) is 29.6.